The fourth-order valence-corrected chi connectivity index (χ4v) is 1.02. The van der Waals surface area contributed by atoms with Crippen molar-refractivity contribution in [1.29, 1.82) is 0 Å². The van der Waals surface area contributed by atoms with Gasteiger partial charge in [-0.05, 0) is 12.8 Å². The van der Waals surface area contributed by atoms with Crippen LogP contribution in [0.15, 0.2) is 0 Å². The van der Waals surface area contributed by atoms with Crippen LogP contribution in [-0.2, 0) is 9.47 Å². The zero-order valence-electron chi connectivity index (χ0n) is 10.0. The molecule has 0 unspecified atom stereocenters. The lowest BCUT2D eigenvalue weighted by atomic mass is 9.90. The third kappa shape index (κ3) is 7.71. The van der Waals surface area contributed by atoms with E-state index in [2.05, 4.69) is 6.92 Å². The molecular formula is C11H23NO2S. The Kier molecular flexibility index (Phi) is 7.92. The van der Waals surface area contributed by atoms with Crippen molar-refractivity contribution in [3.05, 3.63) is 0 Å². The van der Waals surface area contributed by atoms with Crippen LogP contribution in [0.1, 0.15) is 33.6 Å². The van der Waals surface area contributed by atoms with Crippen LogP contribution >= 0.6 is 12.2 Å². The summed E-state index contributed by atoms with van der Waals surface area (Å²) in [5, 5.41) is 0. The topological polar surface area (TPSA) is 44.5 Å². The first-order chi connectivity index (χ1) is 7.00. The number of hydrogen-bond donors (Lipinski definition) is 1. The molecule has 0 spiro atoms. The maximum Gasteiger partial charge on any atom is 0.0785 e. The molecule has 3 nitrogen and oxygen atoms in total. The molecule has 0 saturated carbocycles. The quantitative estimate of drug-likeness (QED) is 0.489. The highest BCUT2D eigenvalue weighted by atomic mass is 32.1. The van der Waals surface area contributed by atoms with Crippen molar-refractivity contribution in [3.8, 4) is 0 Å². The highest BCUT2D eigenvalue weighted by Gasteiger charge is 2.20. The minimum absolute atomic E-state index is 0.111. The van der Waals surface area contributed by atoms with E-state index in [4.69, 9.17) is 27.4 Å². The van der Waals surface area contributed by atoms with Gasteiger partial charge >= 0.3 is 0 Å². The molecule has 0 aliphatic heterocycles. The van der Waals surface area contributed by atoms with Gasteiger partial charge in [0.15, 0.2) is 0 Å². The average Bonchev–Trinajstić information content (AvgIpc) is 2.16. The first-order valence-corrected chi connectivity index (χ1v) is 5.87. The van der Waals surface area contributed by atoms with Gasteiger partial charge in [0.2, 0.25) is 0 Å². The van der Waals surface area contributed by atoms with Crippen molar-refractivity contribution in [2.75, 3.05) is 26.4 Å². The molecular weight excluding hydrogens is 210 g/mol. The molecule has 0 heterocycles. The normalized spacial score (nSPS) is 11.7. The van der Waals surface area contributed by atoms with Crippen molar-refractivity contribution in [1.82, 2.24) is 0 Å². The van der Waals surface area contributed by atoms with Crippen LogP contribution in [-0.4, -0.2) is 31.4 Å². The monoisotopic (exact) mass is 233 g/mol. The van der Waals surface area contributed by atoms with Crippen molar-refractivity contribution in [2.24, 2.45) is 11.1 Å². The van der Waals surface area contributed by atoms with E-state index in [1.54, 1.807) is 0 Å². The molecule has 0 aromatic rings. The Hall–Kier alpha value is -0.190. The Morgan fingerprint density at radius 3 is 2.13 bits per heavy atom. The minimum atomic E-state index is -0.111. The van der Waals surface area contributed by atoms with Crippen LogP contribution in [0.5, 0.6) is 0 Å². The second kappa shape index (κ2) is 8.02. The van der Waals surface area contributed by atoms with Crippen LogP contribution in [0.3, 0.4) is 0 Å². The number of hydrogen-bond acceptors (Lipinski definition) is 3. The number of ether oxygens (including phenoxy) is 2. The van der Waals surface area contributed by atoms with Crippen LogP contribution in [0.4, 0.5) is 0 Å². The van der Waals surface area contributed by atoms with E-state index < -0.39 is 0 Å². The molecule has 4 heteroatoms. The molecule has 0 bridgehead atoms. The third-order valence-corrected chi connectivity index (χ3v) is 2.81. The fourth-order valence-electron chi connectivity index (χ4n) is 0.917. The molecule has 2 N–H and O–H groups in total. The second-order valence-corrected chi connectivity index (χ2v) is 4.66. The molecule has 0 saturated heterocycles. The zero-order valence-corrected chi connectivity index (χ0v) is 10.9. The van der Waals surface area contributed by atoms with Crippen LogP contribution in [0, 0.1) is 5.41 Å². The van der Waals surface area contributed by atoms with Crippen LogP contribution in [0.2, 0.25) is 0 Å². The van der Waals surface area contributed by atoms with Gasteiger partial charge in [-0.2, -0.15) is 0 Å². The lowest BCUT2D eigenvalue weighted by Crippen LogP contribution is -2.31. The first-order valence-electron chi connectivity index (χ1n) is 5.46. The Bertz CT molecular complexity index is 183. The summed E-state index contributed by atoms with van der Waals surface area (Å²) in [7, 11) is 0. The second-order valence-electron chi connectivity index (χ2n) is 4.22. The maximum absolute atomic E-state index is 5.60. The smallest absolute Gasteiger partial charge is 0.0785 e. The lowest BCUT2D eigenvalue weighted by Gasteiger charge is -2.22. The Balaban J connectivity index is 3.35. The van der Waals surface area contributed by atoms with Gasteiger partial charge in [0.1, 0.15) is 0 Å². The SMILES string of the molecule is CCCOCCOCCC(C)(C)C(N)=S. The van der Waals surface area contributed by atoms with Gasteiger partial charge in [-0.3, -0.25) is 0 Å². The van der Waals surface area contributed by atoms with E-state index in [0.717, 1.165) is 19.4 Å². The fraction of sp³-hybridized carbons (Fsp3) is 0.909. The Morgan fingerprint density at radius 2 is 1.67 bits per heavy atom. The van der Waals surface area contributed by atoms with E-state index in [9.17, 15) is 0 Å². The number of nitrogens with two attached hydrogens (primary N) is 1. The first kappa shape index (κ1) is 14.8. The summed E-state index contributed by atoms with van der Waals surface area (Å²) in [4.78, 5) is 0.549. The summed E-state index contributed by atoms with van der Waals surface area (Å²) in [6.45, 7) is 8.96. The Labute approximate surface area is 98.3 Å². The van der Waals surface area contributed by atoms with Crippen LogP contribution in [0.25, 0.3) is 0 Å². The van der Waals surface area contributed by atoms with Gasteiger partial charge in [-0.15, -0.1) is 0 Å². The summed E-state index contributed by atoms with van der Waals surface area (Å²) in [6.07, 6.45) is 1.91. The lowest BCUT2D eigenvalue weighted by molar-refractivity contribution is 0.0419. The average molecular weight is 233 g/mol. The maximum atomic E-state index is 5.60. The van der Waals surface area contributed by atoms with Gasteiger partial charge in [-0.25, -0.2) is 0 Å². The molecule has 0 aliphatic carbocycles. The predicted octanol–water partition coefficient (Wildman–Crippen LogP) is 2.13. The summed E-state index contributed by atoms with van der Waals surface area (Å²) in [5.74, 6) is 0. The highest BCUT2D eigenvalue weighted by Crippen LogP contribution is 2.20. The van der Waals surface area contributed by atoms with Crippen molar-refractivity contribution in [2.45, 2.75) is 33.6 Å². The molecule has 0 atom stereocenters. The molecule has 90 valence electrons. The van der Waals surface area contributed by atoms with E-state index in [1.807, 2.05) is 13.8 Å². The largest absolute Gasteiger partial charge is 0.393 e. The Morgan fingerprint density at radius 1 is 1.13 bits per heavy atom. The molecule has 0 aromatic carbocycles. The van der Waals surface area contributed by atoms with Crippen molar-refractivity contribution in [3.63, 3.8) is 0 Å². The van der Waals surface area contributed by atoms with E-state index in [-0.39, 0.29) is 5.41 Å². The van der Waals surface area contributed by atoms with E-state index in [1.165, 1.54) is 0 Å². The van der Waals surface area contributed by atoms with Gasteiger partial charge in [-0.1, -0.05) is 33.0 Å². The summed E-state index contributed by atoms with van der Waals surface area (Å²) >= 11 is 4.96. The van der Waals surface area contributed by atoms with Gasteiger partial charge < -0.3 is 15.2 Å². The number of thiocarbonyl (C=S) groups is 1. The molecule has 15 heavy (non-hydrogen) atoms. The molecule has 0 fully saturated rings. The zero-order chi connectivity index (χ0) is 11.7. The summed E-state index contributed by atoms with van der Waals surface area (Å²) in [5.41, 5.74) is 5.49. The molecule has 0 rings (SSSR count). The number of rotatable bonds is 9. The predicted molar refractivity (Wildman–Crippen MR) is 67.1 cm³/mol. The standard InChI is InChI=1S/C11H23NO2S/c1-4-6-13-8-9-14-7-5-11(2,3)10(12)15/h4-9H2,1-3H3,(H2,12,15). The summed E-state index contributed by atoms with van der Waals surface area (Å²) < 4.78 is 10.7. The van der Waals surface area contributed by atoms with Crippen LogP contribution < -0.4 is 5.73 Å². The van der Waals surface area contributed by atoms with Crippen molar-refractivity contribution >= 4 is 17.2 Å². The van der Waals surface area contributed by atoms with Gasteiger partial charge in [0, 0.05) is 18.6 Å². The van der Waals surface area contributed by atoms with E-state index in [0.29, 0.717) is 24.8 Å². The molecule has 0 aliphatic rings. The van der Waals surface area contributed by atoms with Crippen molar-refractivity contribution < 1.29 is 9.47 Å². The van der Waals surface area contributed by atoms with Gasteiger partial charge in [0.25, 0.3) is 0 Å². The third-order valence-electron chi connectivity index (χ3n) is 2.26. The van der Waals surface area contributed by atoms with E-state index >= 15 is 0 Å². The van der Waals surface area contributed by atoms with Gasteiger partial charge in [0.05, 0.1) is 18.2 Å². The summed E-state index contributed by atoms with van der Waals surface area (Å²) in [6, 6.07) is 0. The molecule has 0 aromatic heterocycles. The molecule has 0 radical (unpaired) electrons. The highest BCUT2D eigenvalue weighted by molar-refractivity contribution is 7.80. The minimum Gasteiger partial charge on any atom is -0.393 e. The molecule has 0 amide bonds.